The molecule has 0 bridgehead atoms. The zero-order chi connectivity index (χ0) is 14.7. The van der Waals surface area contributed by atoms with Crippen LogP contribution in [-0.4, -0.2) is 21.6 Å². The number of carboxylic acid groups (broad SMARTS) is 1. The Labute approximate surface area is 120 Å². The molecule has 2 rings (SSSR count). The second-order valence-corrected chi connectivity index (χ2v) is 5.89. The number of thiophene rings is 1. The number of carbonyl (C=O) groups is 2. The molecule has 0 atom stereocenters. The number of hydrogen-bond acceptors (Lipinski definition) is 3. The first-order chi connectivity index (χ1) is 9.47. The molecule has 6 heteroatoms. The molecule has 0 radical (unpaired) electrons. The first-order valence-electron chi connectivity index (χ1n) is 6.18. The Morgan fingerprint density at radius 1 is 1.40 bits per heavy atom. The van der Waals surface area contributed by atoms with E-state index in [0.717, 1.165) is 4.88 Å². The Morgan fingerprint density at radius 2 is 2.15 bits per heavy atom. The van der Waals surface area contributed by atoms with E-state index in [1.54, 1.807) is 29.7 Å². The molecular weight excluding hydrogens is 276 g/mol. The molecule has 2 aromatic rings. The fraction of sp³-hybridized carbons (Fsp3) is 0.286. The smallest absolute Gasteiger partial charge is 0.323 e. The van der Waals surface area contributed by atoms with Crippen molar-refractivity contribution in [1.29, 1.82) is 0 Å². The molecule has 0 unspecified atom stereocenters. The van der Waals surface area contributed by atoms with E-state index in [1.165, 1.54) is 15.0 Å². The van der Waals surface area contributed by atoms with Gasteiger partial charge in [0.1, 0.15) is 12.2 Å². The number of carbonyl (C=O) groups excluding carboxylic acids is 1. The largest absolute Gasteiger partial charge is 0.480 e. The summed E-state index contributed by atoms with van der Waals surface area (Å²) in [5.74, 6) is -1.24. The molecule has 0 aliphatic rings. The summed E-state index contributed by atoms with van der Waals surface area (Å²) in [6, 6.07) is 5.33. The minimum atomic E-state index is -0.972. The normalized spacial score (nSPS) is 10.5. The van der Waals surface area contributed by atoms with Crippen LogP contribution in [0, 0.1) is 13.8 Å². The Bertz CT molecular complexity index is 623. The lowest BCUT2D eigenvalue weighted by Crippen LogP contribution is -2.26. The van der Waals surface area contributed by atoms with Gasteiger partial charge in [0.05, 0.1) is 6.54 Å². The van der Waals surface area contributed by atoms with Crippen LogP contribution in [0.1, 0.15) is 25.8 Å². The highest BCUT2D eigenvalue weighted by atomic mass is 32.1. The number of hydrogen-bond donors (Lipinski definition) is 2. The van der Waals surface area contributed by atoms with Crippen LogP contribution in [0.15, 0.2) is 24.4 Å². The first kappa shape index (κ1) is 14.3. The Kier molecular flexibility index (Phi) is 4.24. The van der Waals surface area contributed by atoms with Crippen molar-refractivity contribution in [3.63, 3.8) is 0 Å². The lowest BCUT2D eigenvalue weighted by Gasteiger charge is -2.07. The molecule has 0 saturated carbocycles. The Balaban J connectivity index is 2.01. The average molecular weight is 292 g/mol. The van der Waals surface area contributed by atoms with Gasteiger partial charge in [-0.1, -0.05) is 0 Å². The van der Waals surface area contributed by atoms with Gasteiger partial charge < -0.3 is 15.0 Å². The van der Waals surface area contributed by atoms with Crippen molar-refractivity contribution in [3.8, 4) is 0 Å². The van der Waals surface area contributed by atoms with Crippen molar-refractivity contribution in [2.75, 3.05) is 0 Å². The van der Waals surface area contributed by atoms with Gasteiger partial charge >= 0.3 is 5.97 Å². The molecule has 0 aliphatic heterocycles. The van der Waals surface area contributed by atoms with Crippen molar-refractivity contribution in [2.24, 2.45) is 0 Å². The van der Waals surface area contributed by atoms with Crippen molar-refractivity contribution >= 4 is 23.2 Å². The minimum absolute atomic E-state index is 0.215. The van der Waals surface area contributed by atoms with Gasteiger partial charge in [0.25, 0.3) is 5.91 Å². The second kappa shape index (κ2) is 5.92. The van der Waals surface area contributed by atoms with Crippen LogP contribution in [0.4, 0.5) is 0 Å². The molecule has 20 heavy (non-hydrogen) atoms. The molecule has 0 aromatic carbocycles. The van der Waals surface area contributed by atoms with Crippen molar-refractivity contribution in [2.45, 2.75) is 26.9 Å². The highest BCUT2D eigenvalue weighted by Crippen LogP contribution is 2.20. The maximum absolute atomic E-state index is 12.1. The number of amides is 1. The minimum Gasteiger partial charge on any atom is -0.480 e. The maximum Gasteiger partial charge on any atom is 0.323 e. The van der Waals surface area contributed by atoms with Crippen LogP contribution < -0.4 is 5.32 Å². The number of aryl methyl sites for hydroxylation is 2. The van der Waals surface area contributed by atoms with E-state index in [1.807, 2.05) is 13.8 Å². The Hall–Kier alpha value is -2.08. The monoisotopic (exact) mass is 292 g/mol. The third kappa shape index (κ3) is 3.27. The van der Waals surface area contributed by atoms with Crippen LogP contribution in [0.2, 0.25) is 0 Å². The highest BCUT2D eigenvalue weighted by Gasteiger charge is 2.12. The van der Waals surface area contributed by atoms with E-state index in [9.17, 15) is 9.59 Å². The molecular formula is C14H16N2O3S. The lowest BCUT2D eigenvalue weighted by atomic mass is 10.3. The van der Waals surface area contributed by atoms with Crippen LogP contribution in [-0.2, 0) is 17.9 Å². The molecule has 2 heterocycles. The van der Waals surface area contributed by atoms with E-state index in [4.69, 9.17) is 5.11 Å². The van der Waals surface area contributed by atoms with Crippen LogP contribution in [0.5, 0.6) is 0 Å². The fourth-order valence-electron chi connectivity index (χ4n) is 1.90. The summed E-state index contributed by atoms with van der Waals surface area (Å²) >= 11 is 1.65. The third-order valence-corrected chi connectivity index (χ3v) is 4.16. The van der Waals surface area contributed by atoms with Gasteiger partial charge in [-0.2, -0.15) is 0 Å². The molecule has 0 saturated heterocycles. The van der Waals surface area contributed by atoms with Gasteiger partial charge in [0.2, 0.25) is 0 Å². The Morgan fingerprint density at radius 3 is 2.75 bits per heavy atom. The van der Waals surface area contributed by atoms with E-state index >= 15 is 0 Å². The fourth-order valence-corrected chi connectivity index (χ4v) is 2.89. The lowest BCUT2D eigenvalue weighted by molar-refractivity contribution is -0.137. The molecule has 2 aromatic heterocycles. The van der Waals surface area contributed by atoms with Crippen LogP contribution in [0.25, 0.3) is 0 Å². The van der Waals surface area contributed by atoms with Gasteiger partial charge in [-0.15, -0.1) is 11.3 Å². The molecule has 0 spiro atoms. The highest BCUT2D eigenvalue weighted by molar-refractivity contribution is 7.12. The average Bonchev–Trinajstić information content (AvgIpc) is 2.94. The summed E-state index contributed by atoms with van der Waals surface area (Å²) in [7, 11) is 0. The summed E-state index contributed by atoms with van der Waals surface area (Å²) in [5, 5.41) is 11.6. The van der Waals surface area contributed by atoms with E-state index in [2.05, 4.69) is 11.4 Å². The summed E-state index contributed by atoms with van der Waals surface area (Å²) in [6.45, 7) is 4.32. The van der Waals surface area contributed by atoms with Crippen LogP contribution in [0.3, 0.4) is 0 Å². The summed E-state index contributed by atoms with van der Waals surface area (Å²) in [4.78, 5) is 25.1. The number of nitrogens with one attached hydrogen (secondary N) is 1. The summed E-state index contributed by atoms with van der Waals surface area (Å²) in [5.41, 5.74) is 1.57. The predicted octanol–water partition coefficient (Wildman–Crippen LogP) is 2.18. The van der Waals surface area contributed by atoms with E-state index in [-0.39, 0.29) is 12.5 Å². The molecule has 1 amide bonds. The van der Waals surface area contributed by atoms with Gasteiger partial charge in [-0.25, -0.2) is 0 Å². The number of aromatic nitrogens is 1. The SMILES string of the molecule is Cc1cc(CNC(=O)c2cccn2CC(=O)O)sc1C. The molecule has 106 valence electrons. The number of nitrogens with zero attached hydrogens (tertiary/aromatic N) is 1. The second-order valence-electron chi connectivity index (χ2n) is 4.55. The predicted molar refractivity (Wildman–Crippen MR) is 77.0 cm³/mol. The summed E-state index contributed by atoms with van der Waals surface area (Å²) in [6.07, 6.45) is 1.59. The molecule has 0 aliphatic carbocycles. The van der Waals surface area contributed by atoms with Gasteiger partial charge in [-0.05, 0) is 37.6 Å². The molecule has 5 nitrogen and oxygen atoms in total. The van der Waals surface area contributed by atoms with Crippen molar-refractivity contribution in [3.05, 3.63) is 45.4 Å². The topological polar surface area (TPSA) is 71.3 Å². The first-order valence-corrected chi connectivity index (χ1v) is 7.00. The van der Waals surface area contributed by atoms with Gasteiger partial charge in [-0.3, -0.25) is 9.59 Å². The summed E-state index contributed by atoms with van der Waals surface area (Å²) < 4.78 is 1.42. The third-order valence-electron chi connectivity index (χ3n) is 3.01. The van der Waals surface area contributed by atoms with E-state index < -0.39 is 5.97 Å². The standard InChI is InChI=1S/C14H16N2O3S/c1-9-6-11(20-10(9)2)7-15-14(19)12-4-3-5-16(12)8-13(17)18/h3-6H,7-8H2,1-2H3,(H,15,19)(H,17,18). The van der Waals surface area contributed by atoms with Crippen molar-refractivity contribution in [1.82, 2.24) is 9.88 Å². The zero-order valence-electron chi connectivity index (χ0n) is 11.3. The molecule has 2 N–H and O–H groups in total. The number of aliphatic carboxylic acids is 1. The number of rotatable bonds is 5. The van der Waals surface area contributed by atoms with Crippen LogP contribution >= 0.6 is 11.3 Å². The van der Waals surface area contributed by atoms with Gasteiger partial charge in [0, 0.05) is 16.0 Å². The van der Waals surface area contributed by atoms with E-state index in [0.29, 0.717) is 12.2 Å². The van der Waals surface area contributed by atoms with Crippen molar-refractivity contribution < 1.29 is 14.7 Å². The molecule has 0 fully saturated rings. The van der Waals surface area contributed by atoms with Gasteiger partial charge in [0.15, 0.2) is 0 Å². The maximum atomic E-state index is 12.1. The zero-order valence-corrected chi connectivity index (χ0v) is 12.2. The number of carboxylic acids is 1. The quantitative estimate of drug-likeness (QED) is 0.887.